The number of piperidine rings is 1. The Kier molecular flexibility index (Phi) is 3.06. The Morgan fingerprint density at radius 3 is 2.85 bits per heavy atom. The zero-order valence-electron chi connectivity index (χ0n) is 11.3. The minimum atomic E-state index is -0.819. The van der Waals surface area contributed by atoms with Crippen LogP contribution in [0.2, 0.25) is 0 Å². The van der Waals surface area contributed by atoms with Crippen molar-refractivity contribution in [3.63, 3.8) is 0 Å². The Bertz CT molecular complexity index is 630. The minimum Gasteiger partial charge on any atom is -0.480 e. The summed E-state index contributed by atoms with van der Waals surface area (Å²) in [6, 6.07) is 1.95. The highest BCUT2D eigenvalue weighted by Crippen LogP contribution is 2.28. The van der Waals surface area contributed by atoms with E-state index < -0.39 is 11.5 Å². The molecular formula is C13H17N5O2. The third-order valence-corrected chi connectivity index (χ3v) is 4.14. The molecule has 20 heavy (non-hydrogen) atoms. The molecule has 2 aromatic rings. The third kappa shape index (κ3) is 1.90. The summed E-state index contributed by atoms with van der Waals surface area (Å²) in [7, 11) is 1.71. The number of aromatic amines is 1. The van der Waals surface area contributed by atoms with E-state index in [2.05, 4.69) is 25.2 Å². The normalized spacial score (nSPS) is 18.4. The number of hydrogen-bond donors (Lipinski definition) is 3. The van der Waals surface area contributed by atoms with E-state index >= 15 is 0 Å². The Labute approximate surface area is 116 Å². The first-order valence-electron chi connectivity index (χ1n) is 6.62. The van der Waals surface area contributed by atoms with Gasteiger partial charge in [-0.25, -0.2) is 9.97 Å². The van der Waals surface area contributed by atoms with Gasteiger partial charge in [-0.05, 0) is 26.0 Å². The average molecular weight is 275 g/mol. The number of aromatic nitrogens is 3. The van der Waals surface area contributed by atoms with E-state index in [1.54, 1.807) is 7.05 Å². The largest absolute Gasteiger partial charge is 0.480 e. The van der Waals surface area contributed by atoms with Gasteiger partial charge in [-0.2, -0.15) is 0 Å². The highest BCUT2D eigenvalue weighted by atomic mass is 16.4. The van der Waals surface area contributed by atoms with Gasteiger partial charge in [0.2, 0.25) is 0 Å². The lowest BCUT2D eigenvalue weighted by Gasteiger charge is -2.39. The van der Waals surface area contributed by atoms with Crippen LogP contribution >= 0.6 is 0 Å². The summed E-state index contributed by atoms with van der Waals surface area (Å²) in [6.07, 6.45) is 4.47. The van der Waals surface area contributed by atoms with Crippen LogP contribution in [-0.4, -0.2) is 51.7 Å². The van der Waals surface area contributed by atoms with E-state index in [1.165, 1.54) is 6.33 Å². The third-order valence-electron chi connectivity index (χ3n) is 4.14. The molecule has 0 unspecified atom stereocenters. The zero-order valence-corrected chi connectivity index (χ0v) is 11.3. The van der Waals surface area contributed by atoms with Crippen LogP contribution in [0, 0.1) is 0 Å². The molecule has 7 heteroatoms. The van der Waals surface area contributed by atoms with Crippen LogP contribution in [0.1, 0.15) is 12.8 Å². The fraction of sp³-hybridized carbons (Fsp3) is 0.462. The molecule has 2 aromatic heterocycles. The molecule has 3 N–H and O–H groups in total. The van der Waals surface area contributed by atoms with Gasteiger partial charge >= 0.3 is 5.97 Å². The highest BCUT2D eigenvalue weighted by Gasteiger charge is 2.40. The number of carboxylic acid groups (broad SMARTS) is 1. The summed E-state index contributed by atoms with van der Waals surface area (Å²) in [5, 5.41) is 13.3. The number of nitrogens with one attached hydrogen (secondary N) is 2. The van der Waals surface area contributed by atoms with Crippen LogP contribution in [0.4, 0.5) is 5.82 Å². The minimum absolute atomic E-state index is 0.550. The lowest BCUT2D eigenvalue weighted by molar-refractivity contribution is -0.145. The second-order valence-electron chi connectivity index (χ2n) is 5.06. The second-order valence-corrected chi connectivity index (χ2v) is 5.06. The summed E-state index contributed by atoms with van der Waals surface area (Å²) in [6.45, 7) is 1.31. The van der Waals surface area contributed by atoms with E-state index in [-0.39, 0.29) is 0 Å². The molecule has 1 aliphatic rings. The fourth-order valence-corrected chi connectivity index (χ4v) is 2.78. The molecule has 1 saturated heterocycles. The van der Waals surface area contributed by atoms with Gasteiger partial charge in [-0.15, -0.1) is 0 Å². The number of nitrogens with zero attached hydrogens (tertiary/aromatic N) is 3. The first-order chi connectivity index (χ1) is 9.66. The van der Waals surface area contributed by atoms with E-state index in [1.807, 2.05) is 12.3 Å². The standard InChI is InChI=1S/C13H17N5O2/c1-14-13(12(19)20)3-6-18(7-4-13)11-9-2-5-15-10(9)16-8-17-11/h2,5,8,14H,3-4,6-7H2,1H3,(H,19,20)(H,15,16,17). The molecular weight excluding hydrogens is 258 g/mol. The molecule has 0 radical (unpaired) electrons. The summed E-state index contributed by atoms with van der Waals surface area (Å²) < 4.78 is 0. The molecule has 0 atom stereocenters. The first kappa shape index (κ1) is 12.9. The maximum atomic E-state index is 11.4. The van der Waals surface area contributed by atoms with E-state index in [4.69, 9.17) is 0 Å². The molecule has 3 heterocycles. The van der Waals surface area contributed by atoms with Crippen molar-refractivity contribution >= 4 is 22.8 Å². The van der Waals surface area contributed by atoms with Crippen LogP contribution in [0.5, 0.6) is 0 Å². The average Bonchev–Trinajstić information content (AvgIpc) is 2.95. The van der Waals surface area contributed by atoms with Crippen molar-refractivity contribution in [2.24, 2.45) is 0 Å². The number of hydrogen-bond acceptors (Lipinski definition) is 5. The molecule has 106 valence electrons. The number of carbonyl (C=O) groups is 1. The summed E-state index contributed by atoms with van der Waals surface area (Å²) in [5.74, 6) is 0.0838. The Balaban J connectivity index is 1.85. The Morgan fingerprint density at radius 1 is 1.45 bits per heavy atom. The van der Waals surface area contributed by atoms with Gasteiger partial charge in [0.05, 0.1) is 5.39 Å². The number of H-pyrrole nitrogens is 1. The number of aliphatic carboxylic acids is 1. The summed E-state index contributed by atoms with van der Waals surface area (Å²) in [5.41, 5.74) is -0.0143. The van der Waals surface area contributed by atoms with Gasteiger partial charge in [-0.1, -0.05) is 0 Å². The van der Waals surface area contributed by atoms with E-state index in [9.17, 15) is 9.90 Å². The fourth-order valence-electron chi connectivity index (χ4n) is 2.78. The number of likely N-dealkylation sites (N-methyl/N-ethyl adjacent to an activating group) is 1. The number of carboxylic acids is 1. The van der Waals surface area contributed by atoms with Crippen molar-refractivity contribution in [2.75, 3.05) is 25.0 Å². The number of anilines is 1. The van der Waals surface area contributed by atoms with Crippen molar-refractivity contribution < 1.29 is 9.90 Å². The van der Waals surface area contributed by atoms with Crippen molar-refractivity contribution in [1.29, 1.82) is 0 Å². The van der Waals surface area contributed by atoms with Crippen molar-refractivity contribution in [2.45, 2.75) is 18.4 Å². The lowest BCUT2D eigenvalue weighted by atomic mass is 9.87. The van der Waals surface area contributed by atoms with Gasteiger partial charge in [-0.3, -0.25) is 4.79 Å². The van der Waals surface area contributed by atoms with Gasteiger partial charge < -0.3 is 20.3 Å². The predicted octanol–water partition coefficient (Wildman–Crippen LogP) is 0.601. The quantitative estimate of drug-likeness (QED) is 0.759. The molecule has 3 rings (SSSR count). The predicted molar refractivity (Wildman–Crippen MR) is 74.8 cm³/mol. The molecule has 0 amide bonds. The molecule has 1 fully saturated rings. The lowest BCUT2D eigenvalue weighted by Crippen LogP contribution is -2.57. The van der Waals surface area contributed by atoms with Gasteiger partial charge in [0.25, 0.3) is 0 Å². The molecule has 0 aromatic carbocycles. The van der Waals surface area contributed by atoms with E-state index in [0.717, 1.165) is 16.9 Å². The van der Waals surface area contributed by atoms with Crippen LogP contribution in [0.25, 0.3) is 11.0 Å². The second kappa shape index (κ2) is 4.75. The van der Waals surface area contributed by atoms with Crippen LogP contribution < -0.4 is 10.2 Å². The van der Waals surface area contributed by atoms with Crippen LogP contribution in [0.15, 0.2) is 18.6 Å². The Hall–Kier alpha value is -2.15. The monoisotopic (exact) mass is 275 g/mol. The molecule has 7 nitrogen and oxygen atoms in total. The molecule has 1 aliphatic heterocycles. The van der Waals surface area contributed by atoms with Crippen molar-refractivity contribution in [3.8, 4) is 0 Å². The van der Waals surface area contributed by atoms with Gasteiger partial charge in [0.1, 0.15) is 23.3 Å². The molecule has 0 bridgehead atoms. The van der Waals surface area contributed by atoms with Crippen molar-refractivity contribution in [1.82, 2.24) is 20.3 Å². The van der Waals surface area contributed by atoms with Gasteiger partial charge in [0.15, 0.2) is 0 Å². The molecule has 0 spiro atoms. The number of rotatable bonds is 3. The van der Waals surface area contributed by atoms with E-state index in [0.29, 0.717) is 25.9 Å². The number of fused-ring (bicyclic) bond motifs is 1. The smallest absolute Gasteiger partial charge is 0.324 e. The Morgan fingerprint density at radius 2 is 2.20 bits per heavy atom. The zero-order chi connectivity index (χ0) is 14.2. The first-order valence-corrected chi connectivity index (χ1v) is 6.62. The van der Waals surface area contributed by atoms with Crippen LogP contribution in [0.3, 0.4) is 0 Å². The topological polar surface area (TPSA) is 94.1 Å². The summed E-state index contributed by atoms with van der Waals surface area (Å²) >= 11 is 0. The summed E-state index contributed by atoms with van der Waals surface area (Å²) in [4.78, 5) is 25.1. The molecule has 0 aliphatic carbocycles. The molecule has 0 saturated carbocycles. The maximum absolute atomic E-state index is 11.4. The maximum Gasteiger partial charge on any atom is 0.324 e. The van der Waals surface area contributed by atoms with Crippen LogP contribution in [-0.2, 0) is 4.79 Å². The van der Waals surface area contributed by atoms with Crippen molar-refractivity contribution in [3.05, 3.63) is 18.6 Å². The highest BCUT2D eigenvalue weighted by molar-refractivity contribution is 5.87. The SMILES string of the molecule is CNC1(C(=O)O)CCN(c2ncnc3[nH]ccc23)CC1. The van der Waals surface area contributed by atoms with Gasteiger partial charge in [0, 0.05) is 19.3 Å².